The molecule has 0 atom stereocenters. The molecular formula is C11H14N4O. The number of rotatable bonds is 5. The molecule has 0 radical (unpaired) electrons. The fourth-order valence-electron chi connectivity index (χ4n) is 1.37. The second kappa shape index (κ2) is 5.16. The Morgan fingerprint density at radius 1 is 1.38 bits per heavy atom. The zero-order valence-corrected chi connectivity index (χ0v) is 8.91. The summed E-state index contributed by atoms with van der Waals surface area (Å²) in [5.41, 5.74) is 5.65. The van der Waals surface area contributed by atoms with Crippen LogP contribution in [0.15, 0.2) is 37.1 Å². The minimum absolute atomic E-state index is 0.435. The summed E-state index contributed by atoms with van der Waals surface area (Å²) in [7, 11) is 0. The molecule has 84 valence electrons. The molecule has 0 aliphatic rings. The molecule has 0 aliphatic heterocycles. The van der Waals surface area contributed by atoms with Gasteiger partial charge in [-0.25, -0.2) is 9.97 Å². The number of nitrogens with zero attached hydrogens (tertiary/aromatic N) is 3. The molecule has 0 amide bonds. The van der Waals surface area contributed by atoms with Crippen molar-refractivity contribution in [2.45, 2.75) is 13.0 Å². The van der Waals surface area contributed by atoms with E-state index < -0.39 is 0 Å². The van der Waals surface area contributed by atoms with Gasteiger partial charge < -0.3 is 15.0 Å². The highest BCUT2D eigenvalue weighted by atomic mass is 16.5. The molecule has 0 spiro atoms. The quantitative estimate of drug-likeness (QED) is 0.769. The molecule has 0 saturated heterocycles. The fourth-order valence-corrected chi connectivity index (χ4v) is 1.37. The van der Waals surface area contributed by atoms with Gasteiger partial charge in [0.05, 0.1) is 12.9 Å². The van der Waals surface area contributed by atoms with Crippen LogP contribution in [0, 0.1) is 0 Å². The van der Waals surface area contributed by atoms with Crippen molar-refractivity contribution < 1.29 is 4.74 Å². The normalized spacial score (nSPS) is 10.2. The number of aromatic nitrogens is 3. The van der Waals surface area contributed by atoms with Crippen molar-refractivity contribution >= 4 is 5.82 Å². The lowest BCUT2D eigenvalue weighted by atomic mass is 10.4. The highest BCUT2D eigenvalue weighted by Gasteiger charge is 1.99. The second-order valence-corrected chi connectivity index (χ2v) is 3.39. The van der Waals surface area contributed by atoms with Gasteiger partial charge in [-0.15, -0.1) is 0 Å². The molecule has 16 heavy (non-hydrogen) atoms. The maximum absolute atomic E-state index is 5.65. The zero-order valence-electron chi connectivity index (χ0n) is 8.91. The predicted molar refractivity (Wildman–Crippen MR) is 61.0 cm³/mol. The largest absolute Gasteiger partial charge is 0.490 e. The Bertz CT molecular complexity index is 427. The molecule has 0 fully saturated rings. The Morgan fingerprint density at radius 3 is 3.06 bits per heavy atom. The van der Waals surface area contributed by atoms with E-state index in [1.54, 1.807) is 18.7 Å². The summed E-state index contributed by atoms with van der Waals surface area (Å²) in [5, 5.41) is 0. The molecule has 0 aromatic carbocycles. The number of ether oxygens (including phenoxy) is 1. The van der Waals surface area contributed by atoms with E-state index in [1.165, 1.54) is 0 Å². The maximum Gasteiger partial charge on any atom is 0.166 e. The standard InChI is InChI=1S/C11H14N4O/c12-11-10(3-1-4-14-11)16-8-2-6-15-7-5-13-9-15/h1,3-5,7,9H,2,6,8H2,(H2,12,14). The number of anilines is 1. The van der Waals surface area contributed by atoms with Crippen molar-refractivity contribution in [1.29, 1.82) is 0 Å². The van der Waals surface area contributed by atoms with Crippen LogP contribution >= 0.6 is 0 Å². The van der Waals surface area contributed by atoms with E-state index >= 15 is 0 Å². The number of pyridine rings is 1. The number of imidazole rings is 1. The molecule has 0 unspecified atom stereocenters. The molecule has 0 saturated carbocycles. The van der Waals surface area contributed by atoms with Crippen molar-refractivity contribution in [3.63, 3.8) is 0 Å². The number of aryl methyl sites for hydroxylation is 1. The third-order valence-corrected chi connectivity index (χ3v) is 2.18. The van der Waals surface area contributed by atoms with Gasteiger partial charge in [-0.1, -0.05) is 0 Å². The lowest BCUT2D eigenvalue weighted by molar-refractivity contribution is 0.302. The summed E-state index contributed by atoms with van der Waals surface area (Å²) in [6, 6.07) is 3.63. The molecule has 2 heterocycles. The van der Waals surface area contributed by atoms with Crippen molar-refractivity contribution in [1.82, 2.24) is 14.5 Å². The van der Waals surface area contributed by atoms with Gasteiger partial charge in [-0.3, -0.25) is 0 Å². The van der Waals surface area contributed by atoms with Gasteiger partial charge in [-0.05, 0) is 18.6 Å². The van der Waals surface area contributed by atoms with Gasteiger partial charge in [-0.2, -0.15) is 0 Å². The fraction of sp³-hybridized carbons (Fsp3) is 0.273. The monoisotopic (exact) mass is 218 g/mol. The Kier molecular flexibility index (Phi) is 3.38. The molecule has 2 N–H and O–H groups in total. The van der Waals surface area contributed by atoms with Crippen LogP contribution in [-0.2, 0) is 6.54 Å². The highest BCUT2D eigenvalue weighted by molar-refractivity contribution is 5.44. The first kappa shape index (κ1) is 10.5. The molecule has 0 aliphatic carbocycles. The second-order valence-electron chi connectivity index (χ2n) is 3.39. The molecule has 2 aromatic heterocycles. The number of nitrogens with two attached hydrogens (primary N) is 1. The van der Waals surface area contributed by atoms with E-state index in [4.69, 9.17) is 10.5 Å². The Labute approximate surface area is 93.9 Å². The summed E-state index contributed by atoms with van der Waals surface area (Å²) < 4.78 is 7.52. The molecular weight excluding hydrogens is 204 g/mol. The van der Waals surface area contributed by atoms with Crippen molar-refractivity contribution in [3.05, 3.63) is 37.1 Å². The summed E-state index contributed by atoms with van der Waals surface area (Å²) in [4.78, 5) is 7.91. The van der Waals surface area contributed by atoms with Gasteiger partial charge in [0.2, 0.25) is 0 Å². The lowest BCUT2D eigenvalue weighted by Crippen LogP contribution is -2.05. The zero-order chi connectivity index (χ0) is 11.2. The summed E-state index contributed by atoms with van der Waals surface area (Å²) in [5.74, 6) is 1.08. The average molecular weight is 218 g/mol. The van der Waals surface area contributed by atoms with E-state index in [-0.39, 0.29) is 0 Å². The van der Waals surface area contributed by atoms with Crippen molar-refractivity contribution in [2.24, 2.45) is 0 Å². The van der Waals surface area contributed by atoms with Crippen LogP contribution in [0.2, 0.25) is 0 Å². The van der Waals surface area contributed by atoms with Crippen LogP contribution in [-0.4, -0.2) is 21.1 Å². The van der Waals surface area contributed by atoms with E-state index in [9.17, 15) is 0 Å². The SMILES string of the molecule is Nc1ncccc1OCCCn1ccnc1. The summed E-state index contributed by atoms with van der Waals surface area (Å²) in [6.07, 6.45) is 8.04. The minimum Gasteiger partial charge on any atom is -0.490 e. The molecule has 0 bridgehead atoms. The van der Waals surface area contributed by atoms with Crippen LogP contribution in [0.25, 0.3) is 0 Å². The van der Waals surface area contributed by atoms with Gasteiger partial charge in [0.1, 0.15) is 0 Å². The first-order chi connectivity index (χ1) is 7.86. The minimum atomic E-state index is 0.435. The summed E-state index contributed by atoms with van der Waals surface area (Å²) >= 11 is 0. The number of hydrogen-bond acceptors (Lipinski definition) is 4. The third kappa shape index (κ3) is 2.73. The Morgan fingerprint density at radius 2 is 2.31 bits per heavy atom. The predicted octanol–water partition coefficient (Wildman–Crippen LogP) is 1.33. The van der Waals surface area contributed by atoms with E-state index in [0.29, 0.717) is 18.2 Å². The van der Waals surface area contributed by atoms with Gasteiger partial charge >= 0.3 is 0 Å². The van der Waals surface area contributed by atoms with Gasteiger partial charge in [0.15, 0.2) is 11.6 Å². The van der Waals surface area contributed by atoms with Gasteiger partial charge in [0.25, 0.3) is 0 Å². The smallest absolute Gasteiger partial charge is 0.166 e. The van der Waals surface area contributed by atoms with E-state index in [0.717, 1.165) is 13.0 Å². The van der Waals surface area contributed by atoms with Crippen LogP contribution in [0.4, 0.5) is 5.82 Å². The maximum atomic E-state index is 5.65. The van der Waals surface area contributed by atoms with E-state index in [1.807, 2.05) is 22.9 Å². The molecule has 2 aromatic rings. The van der Waals surface area contributed by atoms with Gasteiger partial charge in [0, 0.05) is 25.1 Å². The topological polar surface area (TPSA) is 66.0 Å². The number of nitrogen functional groups attached to an aromatic ring is 1. The van der Waals surface area contributed by atoms with Crippen LogP contribution in [0.1, 0.15) is 6.42 Å². The molecule has 2 rings (SSSR count). The summed E-state index contributed by atoms with van der Waals surface area (Å²) in [6.45, 7) is 1.51. The number of hydrogen-bond donors (Lipinski definition) is 1. The molecule has 5 nitrogen and oxygen atoms in total. The first-order valence-electron chi connectivity index (χ1n) is 5.15. The highest BCUT2D eigenvalue weighted by Crippen LogP contribution is 2.16. The van der Waals surface area contributed by atoms with Crippen LogP contribution in [0.3, 0.4) is 0 Å². The average Bonchev–Trinajstić information content (AvgIpc) is 2.79. The van der Waals surface area contributed by atoms with Crippen molar-refractivity contribution in [2.75, 3.05) is 12.3 Å². The third-order valence-electron chi connectivity index (χ3n) is 2.18. The first-order valence-corrected chi connectivity index (χ1v) is 5.15. The molecule has 5 heteroatoms. The van der Waals surface area contributed by atoms with Crippen LogP contribution in [0.5, 0.6) is 5.75 Å². The Hall–Kier alpha value is -2.04. The van der Waals surface area contributed by atoms with E-state index in [2.05, 4.69) is 9.97 Å². The Balaban J connectivity index is 1.74. The van der Waals surface area contributed by atoms with Crippen LogP contribution < -0.4 is 10.5 Å². The lowest BCUT2D eigenvalue weighted by Gasteiger charge is -2.07. The van der Waals surface area contributed by atoms with Crippen molar-refractivity contribution in [3.8, 4) is 5.75 Å².